The Bertz CT molecular complexity index is 819. The zero-order valence-corrected chi connectivity index (χ0v) is 15.7. The van der Waals surface area contributed by atoms with Gasteiger partial charge in [-0.15, -0.1) is 0 Å². The third kappa shape index (κ3) is 4.39. The lowest BCUT2D eigenvalue weighted by molar-refractivity contribution is -0.134. The van der Waals surface area contributed by atoms with Gasteiger partial charge >= 0.3 is 0 Å². The van der Waals surface area contributed by atoms with Gasteiger partial charge in [-0.1, -0.05) is 30.3 Å². The summed E-state index contributed by atoms with van der Waals surface area (Å²) in [7, 11) is 0. The highest BCUT2D eigenvalue weighted by atomic mass is 16.3. The van der Waals surface area contributed by atoms with Gasteiger partial charge in [0.15, 0.2) is 6.17 Å². The molecule has 7 heteroatoms. The molecule has 1 heterocycles. The first kappa shape index (κ1) is 20.0. The average Bonchev–Trinajstić information content (AvgIpc) is 2.74. The first-order valence-corrected chi connectivity index (χ1v) is 9.41. The fourth-order valence-corrected chi connectivity index (χ4v) is 3.34. The summed E-state index contributed by atoms with van der Waals surface area (Å²) in [5, 5.41) is 9.68. The summed E-state index contributed by atoms with van der Waals surface area (Å²) in [5.41, 5.74) is 13.8. The highest BCUT2D eigenvalue weighted by Crippen LogP contribution is 2.22. The molecule has 1 atom stereocenters. The molecule has 1 fully saturated rings. The zero-order chi connectivity index (χ0) is 20.1. The van der Waals surface area contributed by atoms with E-state index in [1.54, 1.807) is 47.4 Å². The molecular weight excluding hydrogens is 356 g/mol. The molecule has 3 rings (SSSR count). The lowest BCUT2D eigenvalue weighted by Gasteiger charge is -2.35. The van der Waals surface area contributed by atoms with Gasteiger partial charge in [0.2, 0.25) is 0 Å². The fourth-order valence-electron chi connectivity index (χ4n) is 3.34. The summed E-state index contributed by atoms with van der Waals surface area (Å²) in [4.78, 5) is 29.2. The number of aliphatic hydroxyl groups excluding tert-OH is 1. The Balaban J connectivity index is 1.93. The number of piperidine rings is 1. The minimum absolute atomic E-state index is 0.314. The molecule has 0 spiro atoms. The molecule has 0 aromatic heterocycles. The highest BCUT2D eigenvalue weighted by molar-refractivity contribution is 6.09. The Morgan fingerprint density at radius 1 is 1.11 bits per heavy atom. The van der Waals surface area contributed by atoms with Gasteiger partial charge in [-0.05, 0) is 42.7 Å². The summed E-state index contributed by atoms with van der Waals surface area (Å²) < 4.78 is 0. The Hall–Kier alpha value is -2.74. The van der Waals surface area contributed by atoms with E-state index in [4.69, 9.17) is 11.5 Å². The van der Waals surface area contributed by atoms with Crippen molar-refractivity contribution in [1.82, 2.24) is 4.90 Å². The van der Waals surface area contributed by atoms with Crippen LogP contribution >= 0.6 is 0 Å². The van der Waals surface area contributed by atoms with Gasteiger partial charge < -0.3 is 21.5 Å². The Kier molecular flexibility index (Phi) is 6.41. The Morgan fingerprint density at radius 2 is 1.79 bits per heavy atom. The van der Waals surface area contributed by atoms with Gasteiger partial charge in [0.1, 0.15) is 0 Å². The molecule has 2 aromatic rings. The number of likely N-dealkylation sites (tertiary alicyclic amines) is 1. The van der Waals surface area contributed by atoms with Gasteiger partial charge in [0.25, 0.3) is 11.8 Å². The van der Waals surface area contributed by atoms with E-state index in [0.29, 0.717) is 43.7 Å². The standard InChI is InChI=1S/C21H26N4O3/c22-14-15-5-4-8-17(13-15)25(20(27)16-6-2-1-3-7-16)19(23)21(28)24-11-9-18(26)10-12-24/h1-8,13,18-19,26H,9-12,14,22-23H2/t19-/m1/s1. The predicted octanol–water partition coefficient (Wildman–Crippen LogP) is 1.06. The second-order valence-corrected chi connectivity index (χ2v) is 6.92. The molecule has 0 saturated carbocycles. The fraction of sp³-hybridized carbons (Fsp3) is 0.333. The average molecular weight is 382 g/mol. The number of hydrogen-bond acceptors (Lipinski definition) is 5. The first-order valence-electron chi connectivity index (χ1n) is 9.41. The molecule has 0 unspecified atom stereocenters. The van der Waals surface area contributed by atoms with Crippen LogP contribution in [-0.4, -0.2) is 47.2 Å². The van der Waals surface area contributed by atoms with Crippen molar-refractivity contribution in [2.24, 2.45) is 11.5 Å². The molecule has 0 aliphatic carbocycles. The quantitative estimate of drug-likeness (QED) is 0.669. The van der Waals surface area contributed by atoms with Crippen molar-refractivity contribution in [2.45, 2.75) is 31.7 Å². The molecule has 7 nitrogen and oxygen atoms in total. The third-order valence-electron chi connectivity index (χ3n) is 4.97. The van der Waals surface area contributed by atoms with E-state index in [0.717, 1.165) is 5.56 Å². The van der Waals surface area contributed by atoms with Crippen LogP contribution < -0.4 is 16.4 Å². The van der Waals surface area contributed by atoms with E-state index < -0.39 is 12.3 Å². The normalized spacial score (nSPS) is 15.9. The second-order valence-electron chi connectivity index (χ2n) is 6.92. The molecule has 0 bridgehead atoms. The van der Waals surface area contributed by atoms with Crippen LogP contribution in [0.15, 0.2) is 54.6 Å². The molecule has 2 amide bonds. The third-order valence-corrected chi connectivity index (χ3v) is 4.97. The van der Waals surface area contributed by atoms with Crippen molar-refractivity contribution >= 4 is 17.5 Å². The molecule has 2 aromatic carbocycles. The van der Waals surface area contributed by atoms with E-state index >= 15 is 0 Å². The van der Waals surface area contributed by atoms with Crippen molar-refractivity contribution in [3.05, 3.63) is 65.7 Å². The molecule has 1 saturated heterocycles. The number of aliphatic hydroxyl groups is 1. The van der Waals surface area contributed by atoms with Crippen LogP contribution in [0.5, 0.6) is 0 Å². The van der Waals surface area contributed by atoms with Crippen LogP contribution in [0.4, 0.5) is 5.69 Å². The van der Waals surface area contributed by atoms with Crippen LogP contribution in [0.25, 0.3) is 0 Å². The summed E-state index contributed by atoms with van der Waals surface area (Å²) in [6.45, 7) is 1.15. The molecule has 1 aliphatic rings. The molecule has 1 aliphatic heterocycles. The van der Waals surface area contributed by atoms with Crippen molar-refractivity contribution in [1.29, 1.82) is 0 Å². The van der Waals surface area contributed by atoms with Gasteiger partial charge in [0, 0.05) is 30.9 Å². The van der Waals surface area contributed by atoms with Crippen molar-refractivity contribution in [3.8, 4) is 0 Å². The first-order chi connectivity index (χ1) is 13.5. The van der Waals surface area contributed by atoms with Crippen LogP contribution in [0.1, 0.15) is 28.8 Å². The predicted molar refractivity (Wildman–Crippen MR) is 107 cm³/mol. The molecule has 148 valence electrons. The summed E-state index contributed by atoms with van der Waals surface area (Å²) in [5.74, 6) is -0.693. The minimum Gasteiger partial charge on any atom is -0.393 e. The Labute approximate surface area is 164 Å². The zero-order valence-electron chi connectivity index (χ0n) is 15.7. The largest absolute Gasteiger partial charge is 0.393 e. The number of carbonyl (C=O) groups is 2. The summed E-state index contributed by atoms with van der Waals surface area (Å²) >= 11 is 0. The highest BCUT2D eigenvalue weighted by Gasteiger charge is 2.33. The summed E-state index contributed by atoms with van der Waals surface area (Å²) in [6, 6.07) is 15.9. The lowest BCUT2D eigenvalue weighted by Crippen LogP contribution is -2.57. The van der Waals surface area contributed by atoms with Crippen LogP contribution in [0, 0.1) is 0 Å². The molecular formula is C21H26N4O3. The SMILES string of the molecule is NCc1cccc(N(C(=O)c2ccccc2)[C@@H](N)C(=O)N2CCC(O)CC2)c1. The number of benzene rings is 2. The van der Waals surface area contributed by atoms with E-state index in [2.05, 4.69) is 0 Å². The van der Waals surface area contributed by atoms with E-state index in [1.807, 2.05) is 12.1 Å². The van der Waals surface area contributed by atoms with Crippen LogP contribution in [0.3, 0.4) is 0 Å². The van der Waals surface area contributed by atoms with Gasteiger partial charge in [-0.25, -0.2) is 0 Å². The van der Waals surface area contributed by atoms with E-state index in [-0.39, 0.29) is 11.8 Å². The number of hydrogen-bond donors (Lipinski definition) is 3. The smallest absolute Gasteiger partial charge is 0.260 e. The number of amides is 2. The van der Waals surface area contributed by atoms with Crippen molar-refractivity contribution < 1.29 is 14.7 Å². The van der Waals surface area contributed by atoms with Crippen LogP contribution in [-0.2, 0) is 11.3 Å². The second kappa shape index (κ2) is 8.97. The number of anilines is 1. The maximum Gasteiger partial charge on any atom is 0.260 e. The number of carbonyl (C=O) groups excluding carboxylic acids is 2. The van der Waals surface area contributed by atoms with Gasteiger partial charge in [-0.2, -0.15) is 0 Å². The molecule has 28 heavy (non-hydrogen) atoms. The van der Waals surface area contributed by atoms with Gasteiger partial charge in [0.05, 0.1) is 6.10 Å². The molecule has 0 radical (unpaired) electrons. The Morgan fingerprint density at radius 3 is 2.43 bits per heavy atom. The maximum atomic E-state index is 13.2. The van der Waals surface area contributed by atoms with Crippen molar-refractivity contribution in [2.75, 3.05) is 18.0 Å². The molecule has 5 N–H and O–H groups in total. The van der Waals surface area contributed by atoms with Gasteiger partial charge in [-0.3, -0.25) is 14.5 Å². The number of nitrogens with zero attached hydrogens (tertiary/aromatic N) is 2. The number of nitrogens with two attached hydrogens (primary N) is 2. The monoisotopic (exact) mass is 382 g/mol. The van der Waals surface area contributed by atoms with Crippen LogP contribution in [0.2, 0.25) is 0 Å². The minimum atomic E-state index is -1.17. The lowest BCUT2D eigenvalue weighted by atomic mass is 10.1. The topological polar surface area (TPSA) is 113 Å². The van der Waals surface area contributed by atoms with E-state index in [1.165, 1.54) is 4.90 Å². The van der Waals surface area contributed by atoms with E-state index in [9.17, 15) is 14.7 Å². The summed E-state index contributed by atoms with van der Waals surface area (Å²) in [6.07, 6.45) is -0.554. The number of rotatable bonds is 5. The maximum absolute atomic E-state index is 13.2. The van der Waals surface area contributed by atoms with Crippen molar-refractivity contribution in [3.63, 3.8) is 0 Å².